The van der Waals surface area contributed by atoms with Gasteiger partial charge in [-0.3, -0.25) is 0 Å². The molecule has 2 rings (SSSR count). The number of sulfonamides is 1. The quantitative estimate of drug-likeness (QED) is 0.485. The Labute approximate surface area is 135 Å². The minimum atomic E-state index is -3.58. The summed E-state index contributed by atoms with van der Waals surface area (Å²) in [6.07, 6.45) is 3.07. The number of rotatable bonds is 6. The topological polar surface area (TPSA) is 58.5 Å². The predicted octanol–water partition coefficient (Wildman–Crippen LogP) is 3.91. The SMILES string of the molecule is CC/C(=N\NS(=O)(=O)c1ccc(C)cc1)C1([Si](C)(C)C)CC1. The highest BCUT2D eigenvalue weighted by Crippen LogP contribution is 2.62. The number of aryl methyl sites for hydroxylation is 1. The monoisotopic (exact) mass is 338 g/mol. The molecule has 1 aliphatic carbocycles. The average molecular weight is 339 g/mol. The van der Waals surface area contributed by atoms with Gasteiger partial charge < -0.3 is 0 Å². The minimum absolute atomic E-state index is 0.178. The average Bonchev–Trinajstić information content (AvgIpc) is 3.21. The molecule has 1 fully saturated rings. The molecule has 122 valence electrons. The molecule has 1 aromatic carbocycles. The fourth-order valence-electron chi connectivity index (χ4n) is 3.01. The molecule has 0 heterocycles. The lowest BCUT2D eigenvalue weighted by Gasteiger charge is -2.30. The first-order valence-electron chi connectivity index (χ1n) is 7.78. The Hall–Kier alpha value is -1.14. The zero-order valence-electron chi connectivity index (χ0n) is 14.1. The van der Waals surface area contributed by atoms with Crippen LogP contribution in [0, 0.1) is 6.92 Å². The van der Waals surface area contributed by atoms with Crippen molar-refractivity contribution in [2.45, 2.75) is 62.7 Å². The molecule has 1 N–H and O–H groups in total. The molecular formula is C16H26N2O2SSi. The highest BCUT2D eigenvalue weighted by molar-refractivity contribution is 7.89. The molecule has 0 radical (unpaired) electrons. The summed E-state index contributed by atoms with van der Waals surface area (Å²) >= 11 is 0. The summed E-state index contributed by atoms with van der Waals surface area (Å²) in [7, 11) is -4.99. The highest BCUT2D eigenvalue weighted by Gasteiger charge is 2.56. The molecule has 0 unspecified atom stereocenters. The number of nitrogens with one attached hydrogen (secondary N) is 1. The lowest BCUT2D eigenvalue weighted by molar-refractivity contribution is 0.584. The zero-order valence-corrected chi connectivity index (χ0v) is 15.9. The van der Waals surface area contributed by atoms with Crippen LogP contribution in [0.5, 0.6) is 0 Å². The van der Waals surface area contributed by atoms with Crippen LogP contribution < -0.4 is 4.83 Å². The fraction of sp³-hybridized carbons (Fsp3) is 0.562. The van der Waals surface area contributed by atoms with E-state index in [0.717, 1.165) is 30.5 Å². The molecule has 0 spiro atoms. The van der Waals surface area contributed by atoms with E-state index >= 15 is 0 Å². The van der Waals surface area contributed by atoms with Gasteiger partial charge in [0.15, 0.2) is 0 Å². The number of hydrazone groups is 1. The van der Waals surface area contributed by atoms with Crippen LogP contribution in [0.2, 0.25) is 24.7 Å². The summed E-state index contributed by atoms with van der Waals surface area (Å²) in [4.78, 5) is 2.71. The van der Waals surface area contributed by atoms with Crippen LogP contribution in [0.15, 0.2) is 34.3 Å². The lowest BCUT2D eigenvalue weighted by atomic mass is 10.2. The molecule has 0 atom stereocenters. The van der Waals surface area contributed by atoms with Crippen molar-refractivity contribution in [3.05, 3.63) is 29.8 Å². The standard InChI is InChI=1S/C16H26N2O2SSi/c1-6-15(16(11-12-16)22(3,4)5)17-18-21(19,20)14-9-7-13(2)8-10-14/h7-10,18H,6,11-12H2,1-5H3/b17-15+. The van der Waals surface area contributed by atoms with Crippen LogP contribution in [0.4, 0.5) is 0 Å². The van der Waals surface area contributed by atoms with Gasteiger partial charge in [0.05, 0.1) is 13.0 Å². The Morgan fingerprint density at radius 2 is 1.77 bits per heavy atom. The van der Waals surface area contributed by atoms with E-state index in [1.165, 1.54) is 0 Å². The largest absolute Gasteiger partial charge is 0.276 e. The van der Waals surface area contributed by atoms with E-state index < -0.39 is 18.1 Å². The van der Waals surface area contributed by atoms with Gasteiger partial charge in [0.25, 0.3) is 10.0 Å². The van der Waals surface area contributed by atoms with Crippen molar-refractivity contribution < 1.29 is 8.42 Å². The number of nitrogens with zero attached hydrogens (tertiary/aromatic N) is 1. The third kappa shape index (κ3) is 3.27. The first-order valence-corrected chi connectivity index (χ1v) is 12.8. The van der Waals surface area contributed by atoms with E-state index in [-0.39, 0.29) is 9.93 Å². The van der Waals surface area contributed by atoms with Gasteiger partial charge in [0, 0.05) is 10.7 Å². The minimum Gasteiger partial charge on any atom is -0.200 e. The van der Waals surface area contributed by atoms with Crippen LogP contribution in [0.1, 0.15) is 31.7 Å². The third-order valence-electron chi connectivity index (χ3n) is 4.71. The fourth-order valence-corrected chi connectivity index (χ4v) is 6.56. The maximum absolute atomic E-state index is 12.4. The summed E-state index contributed by atoms with van der Waals surface area (Å²) in [5.74, 6) is 0. The molecule has 0 saturated heterocycles. The molecule has 1 saturated carbocycles. The van der Waals surface area contributed by atoms with E-state index in [1.54, 1.807) is 24.3 Å². The molecule has 0 aromatic heterocycles. The van der Waals surface area contributed by atoms with Crippen LogP contribution >= 0.6 is 0 Å². The van der Waals surface area contributed by atoms with Crippen molar-refractivity contribution in [3.8, 4) is 0 Å². The van der Waals surface area contributed by atoms with Gasteiger partial charge in [0.1, 0.15) is 0 Å². The second kappa shape index (κ2) is 5.81. The van der Waals surface area contributed by atoms with E-state index in [0.29, 0.717) is 0 Å². The Kier molecular flexibility index (Phi) is 4.55. The number of hydrogen-bond acceptors (Lipinski definition) is 3. The molecule has 6 heteroatoms. The molecule has 22 heavy (non-hydrogen) atoms. The molecule has 0 amide bonds. The summed E-state index contributed by atoms with van der Waals surface area (Å²) in [5, 5.41) is 4.50. The lowest BCUT2D eigenvalue weighted by Crippen LogP contribution is -2.36. The van der Waals surface area contributed by atoms with Gasteiger partial charge in [-0.15, -0.1) is 0 Å². The number of benzene rings is 1. The van der Waals surface area contributed by atoms with Crippen molar-refractivity contribution in [3.63, 3.8) is 0 Å². The summed E-state index contributed by atoms with van der Waals surface area (Å²) in [5.41, 5.74) is 2.05. The maximum atomic E-state index is 12.4. The maximum Gasteiger partial charge on any atom is 0.276 e. The normalized spacial score (nSPS) is 18.1. The van der Waals surface area contributed by atoms with Crippen molar-refractivity contribution >= 4 is 23.8 Å². The number of hydrogen-bond donors (Lipinski definition) is 1. The summed E-state index contributed by atoms with van der Waals surface area (Å²) < 4.78 is 24.7. The zero-order chi connectivity index (χ0) is 16.6. The molecule has 4 nitrogen and oxygen atoms in total. The van der Waals surface area contributed by atoms with Gasteiger partial charge in [-0.2, -0.15) is 13.5 Å². The van der Waals surface area contributed by atoms with E-state index in [2.05, 4.69) is 36.5 Å². The van der Waals surface area contributed by atoms with Crippen molar-refractivity contribution in [1.82, 2.24) is 4.83 Å². The smallest absolute Gasteiger partial charge is 0.200 e. The highest BCUT2D eigenvalue weighted by atomic mass is 32.2. The second-order valence-corrected chi connectivity index (χ2v) is 14.3. The van der Waals surface area contributed by atoms with Crippen molar-refractivity contribution in [2.24, 2.45) is 5.10 Å². The molecule has 1 aromatic rings. The first-order chi connectivity index (χ1) is 10.1. The Balaban J connectivity index is 2.24. The van der Waals surface area contributed by atoms with Crippen molar-refractivity contribution in [2.75, 3.05) is 0 Å². The summed E-state index contributed by atoms with van der Waals surface area (Å²) in [6, 6.07) is 6.82. The van der Waals surface area contributed by atoms with E-state index in [9.17, 15) is 8.42 Å². The molecule has 1 aliphatic rings. The first kappa shape index (κ1) is 17.2. The van der Waals surface area contributed by atoms with Gasteiger partial charge >= 0.3 is 0 Å². The van der Waals surface area contributed by atoms with E-state index in [1.807, 2.05) is 6.92 Å². The Bertz CT molecular complexity index is 669. The van der Waals surface area contributed by atoms with E-state index in [4.69, 9.17) is 0 Å². The second-order valence-electron chi connectivity index (χ2n) is 7.15. The van der Waals surface area contributed by atoms with Gasteiger partial charge in [-0.1, -0.05) is 44.3 Å². The van der Waals surface area contributed by atoms with Crippen LogP contribution in [0.3, 0.4) is 0 Å². The van der Waals surface area contributed by atoms with Crippen LogP contribution in [0.25, 0.3) is 0 Å². The molecule has 0 bridgehead atoms. The van der Waals surface area contributed by atoms with Crippen LogP contribution in [-0.4, -0.2) is 22.2 Å². The molecular weight excluding hydrogens is 312 g/mol. The van der Waals surface area contributed by atoms with Crippen LogP contribution in [-0.2, 0) is 10.0 Å². The third-order valence-corrected chi connectivity index (χ3v) is 9.59. The van der Waals surface area contributed by atoms with Gasteiger partial charge in [0.2, 0.25) is 0 Å². The van der Waals surface area contributed by atoms with Gasteiger partial charge in [-0.05, 0) is 38.3 Å². The Morgan fingerprint density at radius 1 is 1.23 bits per heavy atom. The Morgan fingerprint density at radius 3 is 2.18 bits per heavy atom. The van der Waals surface area contributed by atoms with Crippen molar-refractivity contribution in [1.29, 1.82) is 0 Å². The summed E-state index contributed by atoms with van der Waals surface area (Å²) in [6.45, 7) is 11.0. The molecule has 0 aliphatic heterocycles. The van der Waals surface area contributed by atoms with Gasteiger partial charge in [-0.25, -0.2) is 4.83 Å². The predicted molar refractivity (Wildman–Crippen MR) is 94.5 cm³/mol.